The summed E-state index contributed by atoms with van der Waals surface area (Å²) in [5.74, 6) is 0.355. The van der Waals surface area contributed by atoms with Gasteiger partial charge in [0.1, 0.15) is 5.82 Å². The Balaban J connectivity index is 1.23. The van der Waals surface area contributed by atoms with E-state index in [0.29, 0.717) is 12.4 Å². The van der Waals surface area contributed by atoms with E-state index in [9.17, 15) is 4.39 Å². The molecule has 1 atom stereocenters. The van der Waals surface area contributed by atoms with Gasteiger partial charge in [-0.15, -0.1) is 0 Å². The maximum absolute atomic E-state index is 14.7. The largest absolute Gasteiger partial charge is 0.324 e. The van der Waals surface area contributed by atoms with E-state index in [-0.39, 0.29) is 11.7 Å². The highest BCUT2D eigenvalue weighted by Crippen LogP contribution is 2.42. The van der Waals surface area contributed by atoms with Crippen molar-refractivity contribution in [2.75, 3.05) is 38.0 Å². The van der Waals surface area contributed by atoms with Crippen LogP contribution in [0.3, 0.4) is 0 Å². The lowest BCUT2D eigenvalue weighted by Crippen LogP contribution is -2.44. The summed E-state index contributed by atoms with van der Waals surface area (Å²) in [6.07, 6.45) is 3.59. The summed E-state index contributed by atoms with van der Waals surface area (Å²) >= 11 is 0. The maximum Gasteiger partial charge on any atom is 0.227 e. The average molecular weight is 480 g/mol. The lowest BCUT2D eigenvalue weighted by Gasteiger charge is -2.28. The van der Waals surface area contributed by atoms with Gasteiger partial charge in [0, 0.05) is 56.1 Å². The lowest BCUT2D eigenvalue weighted by molar-refractivity contribution is 0.244. The van der Waals surface area contributed by atoms with Crippen LogP contribution >= 0.6 is 0 Å². The quantitative estimate of drug-likeness (QED) is 0.400. The molecule has 0 unspecified atom stereocenters. The van der Waals surface area contributed by atoms with Crippen molar-refractivity contribution >= 4 is 11.6 Å². The van der Waals surface area contributed by atoms with Gasteiger partial charge in [-0.3, -0.25) is 0 Å². The molecule has 5 nitrogen and oxygen atoms in total. The van der Waals surface area contributed by atoms with E-state index < -0.39 is 0 Å². The van der Waals surface area contributed by atoms with Crippen molar-refractivity contribution < 1.29 is 4.39 Å². The van der Waals surface area contributed by atoms with Crippen molar-refractivity contribution in [3.63, 3.8) is 0 Å². The van der Waals surface area contributed by atoms with Crippen molar-refractivity contribution in [1.82, 2.24) is 20.2 Å². The van der Waals surface area contributed by atoms with Gasteiger partial charge in [0.05, 0.1) is 5.69 Å². The van der Waals surface area contributed by atoms with Crippen molar-refractivity contribution in [1.29, 1.82) is 0 Å². The van der Waals surface area contributed by atoms with Gasteiger partial charge in [0.15, 0.2) is 0 Å². The molecule has 3 aromatic carbocycles. The third kappa shape index (κ3) is 4.74. The van der Waals surface area contributed by atoms with E-state index in [2.05, 4.69) is 56.9 Å². The zero-order chi connectivity index (χ0) is 24.3. The van der Waals surface area contributed by atoms with Gasteiger partial charge in [-0.2, -0.15) is 0 Å². The van der Waals surface area contributed by atoms with Gasteiger partial charge >= 0.3 is 0 Å². The highest BCUT2D eigenvalue weighted by Gasteiger charge is 2.29. The molecule has 0 amide bonds. The minimum absolute atomic E-state index is 0.0512. The molecule has 1 aliphatic heterocycles. The molecule has 0 saturated carbocycles. The topological polar surface area (TPSA) is 53.1 Å². The Morgan fingerprint density at radius 2 is 1.75 bits per heavy atom. The fourth-order valence-corrected chi connectivity index (χ4v) is 5.39. The van der Waals surface area contributed by atoms with Gasteiger partial charge in [-0.1, -0.05) is 54.6 Å². The zero-order valence-electron chi connectivity index (χ0n) is 20.3. The monoisotopic (exact) mass is 479 g/mol. The molecular formula is C30H30FN5. The molecule has 4 aromatic rings. The molecule has 2 aliphatic rings. The molecule has 0 radical (unpaired) electrons. The molecular weight excluding hydrogens is 449 g/mol. The van der Waals surface area contributed by atoms with E-state index in [1.165, 1.54) is 11.6 Å². The molecule has 6 heteroatoms. The van der Waals surface area contributed by atoms with E-state index in [1.54, 1.807) is 6.07 Å². The minimum atomic E-state index is -0.170. The second-order valence-corrected chi connectivity index (χ2v) is 9.60. The first-order chi connectivity index (χ1) is 17.7. The molecule has 1 aromatic heterocycles. The Hall–Kier alpha value is -3.61. The molecule has 2 N–H and O–H groups in total. The number of anilines is 2. The van der Waals surface area contributed by atoms with E-state index in [0.717, 1.165) is 72.8 Å². The molecule has 36 heavy (non-hydrogen) atoms. The predicted molar refractivity (Wildman–Crippen MR) is 142 cm³/mol. The van der Waals surface area contributed by atoms with Gasteiger partial charge in [-0.25, -0.2) is 14.4 Å². The number of halogens is 1. The van der Waals surface area contributed by atoms with Crippen LogP contribution in [0.15, 0.2) is 79.0 Å². The molecule has 1 fully saturated rings. The molecule has 2 heterocycles. The van der Waals surface area contributed by atoms with Crippen LogP contribution in [0.4, 0.5) is 16.0 Å². The van der Waals surface area contributed by atoms with E-state index >= 15 is 0 Å². The van der Waals surface area contributed by atoms with Crippen molar-refractivity contribution in [3.8, 4) is 11.3 Å². The fraction of sp³-hybridized carbons (Fsp3) is 0.267. The number of benzene rings is 3. The van der Waals surface area contributed by atoms with Crippen molar-refractivity contribution in [3.05, 3.63) is 107 Å². The highest BCUT2D eigenvalue weighted by atomic mass is 19.1. The van der Waals surface area contributed by atoms with Gasteiger partial charge < -0.3 is 15.5 Å². The Morgan fingerprint density at radius 1 is 0.944 bits per heavy atom. The first kappa shape index (κ1) is 22.8. The van der Waals surface area contributed by atoms with Gasteiger partial charge in [0.25, 0.3) is 0 Å². The van der Waals surface area contributed by atoms with Crippen LogP contribution in [0.5, 0.6) is 0 Å². The SMILES string of the molecule is Fc1ccccc1[C@@H]1Cc2cnc(Nc3cccc(CCN4CCNCC4)c3)nc2-c2ccccc21. The molecule has 6 rings (SSSR count). The number of nitrogens with zero attached hydrogens (tertiary/aromatic N) is 3. The first-order valence-electron chi connectivity index (χ1n) is 12.7. The van der Waals surface area contributed by atoms with E-state index in [4.69, 9.17) is 4.98 Å². The van der Waals surface area contributed by atoms with Gasteiger partial charge in [-0.05, 0) is 53.3 Å². The number of nitrogens with one attached hydrogen (secondary N) is 2. The average Bonchev–Trinajstić information content (AvgIpc) is 2.93. The Morgan fingerprint density at radius 3 is 2.61 bits per heavy atom. The smallest absolute Gasteiger partial charge is 0.227 e. The molecule has 182 valence electrons. The maximum atomic E-state index is 14.7. The second-order valence-electron chi connectivity index (χ2n) is 9.60. The Labute approximate surface area is 211 Å². The number of hydrogen-bond donors (Lipinski definition) is 2. The third-order valence-electron chi connectivity index (χ3n) is 7.27. The first-order valence-corrected chi connectivity index (χ1v) is 12.7. The molecule has 1 saturated heterocycles. The summed E-state index contributed by atoms with van der Waals surface area (Å²) in [5.41, 5.74) is 7.12. The summed E-state index contributed by atoms with van der Waals surface area (Å²) in [6.45, 7) is 5.43. The highest BCUT2D eigenvalue weighted by molar-refractivity contribution is 5.73. The third-order valence-corrected chi connectivity index (χ3v) is 7.27. The number of aromatic nitrogens is 2. The number of piperazine rings is 1. The standard InChI is InChI=1S/C30H30FN5/c31-28-11-4-3-9-25(28)27-19-22-20-33-30(35-29(22)26-10-2-1-8-24(26)27)34-23-7-5-6-21(18-23)12-15-36-16-13-32-14-17-36/h1-11,18,20,27,32H,12-17,19H2,(H,33,34,35)/t27-/m1/s1. The van der Waals surface area contributed by atoms with Gasteiger partial charge in [0.2, 0.25) is 5.95 Å². The minimum Gasteiger partial charge on any atom is -0.324 e. The summed E-state index contributed by atoms with van der Waals surface area (Å²) in [7, 11) is 0. The van der Waals surface area contributed by atoms with Crippen LogP contribution in [-0.4, -0.2) is 47.6 Å². The van der Waals surface area contributed by atoms with Crippen LogP contribution < -0.4 is 10.6 Å². The van der Waals surface area contributed by atoms with Crippen LogP contribution in [-0.2, 0) is 12.8 Å². The fourth-order valence-electron chi connectivity index (χ4n) is 5.39. The van der Waals surface area contributed by atoms with Crippen LogP contribution in [0.2, 0.25) is 0 Å². The Kier molecular flexibility index (Phi) is 6.45. The summed E-state index contributed by atoms with van der Waals surface area (Å²) < 4.78 is 14.7. The second kappa shape index (κ2) is 10.2. The molecule has 0 bridgehead atoms. The summed E-state index contributed by atoms with van der Waals surface area (Å²) in [6, 6.07) is 23.8. The van der Waals surface area contributed by atoms with Crippen LogP contribution in [0.25, 0.3) is 11.3 Å². The molecule has 0 spiro atoms. The number of rotatable bonds is 6. The molecule has 1 aliphatic carbocycles. The van der Waals surface area contributed by atoms with Crippen molar-refractivity contribution in [2.24, 2.45) is 0 Å². The summed E-state index contributed by atoms with van der Waals surface area (Å²) in [4.78, 5) is 12.1. The van der Waals surface area contributed by atoms with E-state index in [1.807, 2.05) is 30.5 Å². The van der Waals surface area contributed by atoms with Crippen LogP contribution in [0.1, 0.15) is 28.2 Å². The number of fused-ring (bicyclic) bond motifs is 3. The number of hydrogen-bond acceptors (Lipinski definition) is 5. The summed E-state index contributed by atoms with van der Waals surface area (Å²) in [5, 5.41) is 6.82. The zero-order valence-corrected chi connectivity index (χ0v) is 20.3. The van der Waals surface area contributed by atoms with Crippen molar-refractivity contribution in [2.45, 2.75) is 18.8 Å². The van der Waals surface area contributed by atoms with Crippen LogP contribution in [0, 0.1) is 5.82 Å². The Bertz CT molecular complexity index is 1370. The predicted octanol–water partition coefficient (Wildman–Crippen LogP) is 5.16. The normalized spacial score (nSPS) is 17.3. The lowest BCUT2D eigenvalue weighted by atomic mass is 9.78.